The molecule has 3 rings (SSSR count). The fourth-order valence-electron chi connectivity index (χ4n) is 3.34. The van der Waals surface area contributed by atoms with Crippen molar-refractivity contribution in [3.8, 4) is 5.75 Å². The highest BCUT2D eigenvalue weighted by Gasteiger charge is 2.17. The van der Waals surface area contributed by atoms with Crippen LogP contribution in [0.15, 0.2) is 53.4 Å². The number of rotatable bonds is 8. The molecule has 0 aliphatic heterocycles. The number of sulfonamides is 1. The van der Waals surface area contributed by atoms with Crippen LogP contribution < -0.4 is 14.8 Å². The van der Waals surface area contributed by atoms with Crippen LogP contribution in [0.2, 0.25) is 0 Å². The summed E-state index contributed by atoms with van der Waals surface area (Å²) in [6.07, 6.45) is 4.83. The van der Waals surface area contributed by atoms with Gasteiger partial charge in [0.2, 0.25) is 0 Å². The fraction of sp³-hybridized carbons (Fsp3) is 0.381. The first-order valence-corrected chi connectivity index (χ1v) is 11.1. The zero-order valence-electron chi connectivity index (χ0n) is 16.0. The highest BCUT2D eigenvalue weighted by molar-refractivity contribution is 7.92. The van der Waals surface area contributed by atoms with E-state index < -0.39 is 10.0 Å². The van der Waals surface area contributed by atoms with Crippen LogP contribution in [0.3, 0.4) is 0 Å². The van der Waals surface area contributed by atoms with Gasteiger partial charge in [0.1, 0.15) is 5.75 Å². The van der Waals surface area contributed by atoms with Crippen LogP contribution in [-0.4, -0.2) is 27.5 Å². The van der Waals surface area contributed by atoms with E-state index in [0.717, 1.165) is 0 Å². The van der Waals surface area contributed by atoms with Crippen molar-refractivity contribution in [3.05, 3.63) is 54.1 Å². The maximum Gasteiger partial charge on any atom is 0.261 e. The molecule has 0 atom stereocenters. The van der Waals surface area contributed by atoms with Gasteiger partial charge in [-0.2, -0.15) is 0 Å². The van der Waals surface area contributed by atoms with Gasteiger partial charge in [0.25, 0.3) is 15.9 Å². The van der Waals surface area contributed by atoms with Crippen LogP contribution in [0.5, 0.6) is 5.75 Å². The molecule has 1 amide bonds. The Morgan fingerprint density at radius 2 is 1.68 bits per heavy atom. The highest BCUT2D eigenvalue weighted by atomic mass is 32.2. The van der Waals surface area contributed by atoms with E-state index in [9.17, 15) is 13.2 Å². The summed E-state index contributed by atoms with van der Waals surface area (Å²) < 4.78 is 32.9. The van der Waals surface area contributed by atoms with Crippen molar-refractivity contribution in [2.24, 2.45) is 5.92 Å². The molecule has 0 aromatic heterocycles. The normalized spacial score (nSPS) is 14.6. The Kier molecular flexibility index (Phi) is 6.57. The third kappa shape index (κ3) is 5.25. The molecule has 2 aromatic carbocycles. The minimum Gasteiger partial charge on any atom is -0.494 e. The first-order valence-electron chi connectivity index (χ1n) is 9.62. The summed E-state index contributed by atoms with van der Waals surface area (Å²) in [6, 6.07) is 12.7. The molecule has 0 heterocycles. The second-order valence-electron chi connectivity index (χ2n) is 6.95. The molecular formula is C21H26N2O4S. The molecule has 1 aliphatic rings. The molecule has 0 bridgehead atoms. The lowest BCUT2D eigenvalue weighted by Crippen LogP contribution is -2.28. The van der Waals surface area contributed by atoms with Gasteiger partial charge in [-0.15, -0.1) is 0 Å². The Balaban J connectivity index is 1.60. The summed E-state index contributed by atoms with van der Waals surface area (Å²) in [5.41, 5.74) is 0.920. The Morgan fingerprint density at radius 1 is 1.04 bits per heavy atom. The number of hydrogen-bond acceptors (Lipinski definition) is 4. The van der Waals surface area contributed by atoms with E-state index >= 15 is 0 Å². The van der Waals surface area contributed by atoms with Crippen LogP contribution >= 0.6 is 0 Å². The average Bonchev–Trinajstić information content (AvgIpc) is 3.21. The number of anilines is 1. The molecule has 0 radical (unpaired) electrons. The van der Waals surface area contributed by atoms with E-state index in [4.69, 9.17) is 4.74 Å². The van der Waals surface area contributed by atoms with Crippen molar-refractivity contribution in [2.75, 3.05) is 17.9 Å². The molecule has 0 spiro atoms. The van der Waals surface area contributed by atoms with E-state index in [-0.39, 0.29) is 10.8 Å². The topological polar surface area (TPSA) is 84.5 Å². The predicted octanol–water partition coefficient (Wildman–Crippen LogP) is 3.81. The minimum absolute atomic E-state index is 0.132. The lowest BCUT2D eigenvalue weighted by molar-refractivity contribution is 0.0947. The Morgan fingerprint density at radius 3 is 2.29 bits per heavy atom. The zero-order valence-corrected chi connectivity index (χ0v) is 16.8. The molecular weight excluding hydrogens is 376 g/mol. The number of hydrogen-bond donors (Lipinski definition) is 2. The Bertz CT molecular complexity index is 887. The Labute approximate surface area is 166 Å². The maximum absolute atomic E-state index is 12.5. The van der Waals surface area contributed by atoms with E-state index in [1.54, 1.807) is 36.4 Å². The number of nitrogens with one attached hydrogen (secondary N) is 2. The van der Waals surface area contributed by atoms with Gasteiger partial charge in [0.05, 0.1) is 11.5 Å². The largest absolute Gasteiger partial charge is 0.494 e. The number of amides is 1. The average molecular weight is 403 g/mol. The molecule has 2 aromatic rings. The number of ether oxygens (including phenoxy) is 1. The number of carbonyl (C=O) groups is 1. The van der Waals surface area contributed by atoms with Crippen LogP contribution in [0, 0.1) is 5.92 Å². The second-order valence-corrected chi connectivity index (χ2v) is 8.63. The lowest BCUT2D eigenvalue weighted by atomic mass is 10.1. The summed E-state index contributed by atoms with van der Waals surface area (Å²) in [7, 11) is -3.71. The summed E-state index contributed by atoms with van der Waals surface area (Å²) in [5.74, 6) is 1.06. The molecule has 1 fully saturated rings. The standard InChI is InChI=1S/C21H26N2O4S/c1-2-27-19-11-13-20(14-12-19)28(25,26)23-18-9-7-17(8-10-18)21(24)22-15-16-5-3-4-6-16/h7-14,16,23H,2-6,15H2,1H3,(H,22,24). The predicted molar refractivity (Wildman–Crippen MR) is 109 cm³/mol. The van der Waals surface area contributed by atoms with Gasteiger partial charge in [-0.1, -0.05) is 12.8 Å². The number of carbonyl (C=O) groups excluding carboxylic acids is 1. The monoisotopic (exact) mass is 402 g/mol. The van der Waals surface area contributed by atoms with Gasteiger partial charge in [0, 0.05) is 17.8 Å². The molecule has 6 nitrogen and oxygen atoms in total. The summed E-state index contributed by atoms with van der Waals surface area (Å²) in [6.45, 7) is 3.08. The van der Waals surface area contributed by atoms with Gasteiger partial charge in [-0.3, -0.25) is 9.52 Å². The summed E-state index contributed by atoms with van der Waals surface area (Å²) in [4.78, 5) is 12.4. The van der Waals surface area contributed by atoms with E-state index in [1.807, 2.05) is 6.92 Å². The first-order chi connectivity index (χ1) is 13.5. The van der Waals surface area contributed by atoms with Crippen LogP contribution in [0.4, 0.5) is 5.69 Å². The van der Waals surface area contributed by atoms with Crippen molar-refractivity contribution in [1.29, 1.82) is 0 Å². The molecule has 2 N–H and O–H groups in total. The van der Waals surface area contributed by atoms with Crippen molar-refractivity contribution < 1.29 is 17.9 Å². The SMILES string of the molecule is CCOc1ccc(S(=O)(=O)Nc2ccc(C(=O)NCC3CCCC3)cc2)cc1. The smallest absolute Gasteiger partial charge is 0.261 e. The fourth-order valence-corrected chi connectivity index (χ4v) is 4.40. The molecule has 1 aliphatic carbocycles. The maximum atomic E-state index is 12.5. The molecule has 0 saturated heterocycles. The van der Waals surface area contributed by atoms with E-state index in [2.05, 4.69) is 10.0 Å². The third-order valence-corrected chi connectivity index (χ3v) is 6.27. The summed E-state index contributed by atoms with van der Waals surface area (Å²) >= 11 is 0. The third-order valence-electron chi connectivity index (χ3n) is 4.87. The van der Waals surface area contributed by atoms with E-state index in [0.29, 0.717) is 36.1 Å². The second kappa shape index (κ2) is 9.10. The van der Waals surface area contributed by atoms with Gasteiger partial charge in [-0.05, 0) is 74.2 Å². The van der Waals surface area contributed by atoms with Gasteiger partial charge in [0.15, 0.2) is 0 Å². The van der Waals surface area contributed by atoms with Crippen LogP contribution in [0.25, 0.3) is 0 Å². The molecule has 7 heteroatoms. The van der Waals surface area contributed by atoms with Crippen molar-refractivity contribution in [1.82, 2.24) is 5.32 Å². The Hall–Kier alpha value is -2.54. The number of benzene rings is 2. The summed E-state index contributed by atoms with van der Waals surface area (Å²) in [5, 5.41) is 2.96. The highest BCUT2D eigenvalue weighted by Crippen LogP contribution is 2.24. The zero-order chi connectivity index (χ0) is 20.0. The van der Waals surface area contributed by atoms with Crippen LogP contribution in [0.1, 0.15) is 43.0 Å². The first kappa shape index (κ1) is 20.2. The van der Waals surface area contributed by atoms with Gasteiger partial charge in [-0.25, -0.2) is 8.42 Å². The van der Waals surface area contributed by atoms with Gasteiger partial charge < -0.3 is 10.1 Å². The van der Waals surface area contributed by atoms with Crippen molar-refractivity contribution >= 4 is 21.6 Å². The van der Waals surface area contributed by atoms with Crippen molar-refractivity contribution in [3.63, 3.8) is 0 Å². The minimum atomic E-state index is -3.71. The molecule has 150 valence electrons. The van der Waals surface area contributed by atoms with E-state index in [1.165, 1.54) is 37.8 Å². The quantitative estimate of drug-likeness (QED) is 0.703. The lowest BCUT2D eigenvalue weighted by Gasteiger charge is -2.12. The van der Waals surface area contributed by atoms with Gasteiger partial charge >= 0.3 is 0 Å². The van der Waals surface area contributed by atoms with Crippen LogP contribution in [-0.2, 0) is 10.0 Å². The molecule has 1 saturated carbocycles. The molecule has 28 heavy (non-hydrogen) atoms. The van der Waals surface area contributed by atoms with Crippen molar-refractivity contribution in [2.45, 2.75) is 37.5 Å². The molecule has 0 unspecified atom stereocenters.